The lowest BCUT2D eigenvalue weighted by Gasteiger charge is -2.39. The highest BCUT2D eigenvalue weighted by Crippen LogP contribution is 2.23. The normalized spacial score (nSPS) is 18.4. The summed E-state index contributed by atoms with van der Waals surface area (Å²) >= 11 is 0. The minimum absolute atomic E-state index is 0. The van der Waals surface area contributed by atoms with Gasteiger partial charge >= 0.3 is 0 Å². The highest BCUT2D eigenvalue weighted by Gasteiger charge is 2.40. The summed E-state index contributed by atoms with van der Waals surface area (Å²) in [6.07, 6.45) is 0. The molecule has 7 nitrogen and oxygen atoms in total. The van der Waals surface area contributed by atoms with Gasteiger partial charge in [0.15, 0.2) is 15.8 Å². The molecule has 0 aromatic heterocycles. The molecule has 1 aromatic carbocycles. The Morgan fingerprint density at radius 1 is 1.37 bits per heavy atom. The van der Waals surface area contributed by atoms with E-state index in [1.165, 1.54) is 18.2 Å². The second kappa shape index (κ2) is 9.67. The van der Waals surface area contributed by atoms with Gasteiger partial charge in [-0.15, -0.1) is 24.0 Å². The van der Waals surface area contributed by atoms with E-state index in [0.717, 1.165) is 0 Å². The zero-order valence-electron chi connectivity index (χ0n) is 15.7. The van der Waals surface area contributed by atoms with Crippen LogP contribution in [0.25, 0.3) is 0 Å². The first-order valence-corrected chi connectivity index (χ1v) is 10.1. The number of carbonyl (C=O) groups is 1. The first-order valence-electron chi connectivity index (χ1n) is 8.45. The smallest absolute Gasteiger partial charge is 0.246 e. The van der Waals surface area contributed by atoms with Crippen molar-refractivity contribution in [3.8, 4) is 0 Å². The summed E-state index contributed by atoms with van der Waals surface area (Å²) in [6.45, 7) is 6.34. The fraction of sp³-hybridized carbons (Fsp3) is 0.529. The van der Waals surface area contributed by atoms with Gasteiger partial charge in [0.1, 0.15) is 12.4 Å². The number of benzene rings is 1. The Hall–Kier alpha value is -1.43. The van der Waals surface area contributed by atoms with Crippen LogP contribution in [0.5, 0.6) is 0 Å². The van der Waals surface area contributed by atoms with Crippen molar-refractivity contribution in [1.82, 2.24) is 10.2 Å². The van der Waals surface area contributed by atoms with Gasteiger partial charge in [0.25, 0.3) is 0 Å². The van der Waals surface area contributed by atoms with Crippen LogP contribution in [0.3, 0.4) is 0 Å². The largest absolute Gasteiger partial charge is 0.357 e. The molecular weight excluding hydrogens is 486 g/mol. The van der Waals surface area contributed by atoms with Gasteiger partial charge in [-0.3, -0.25) is 4.79 Å². The fourth-order valence-corrected chi connectivity index (χ4v) is 4.03. The van der Waals surface area contributed by atoms with Crippen LogP contribution in [0.1, 0.15) is 20.8 Å². The first kappa shape index (κ1) is 23.6. The SMILES string of the molecule is CCNC(=NCC(=O)Nc1cccc(F)c1)N1CCS(=O)(=O)C(C)(C)C1.I. The molecule has 27 heavy (non-hydrogen) atoms. The summed E-state index contributed by atoms with van der Waals surface area (Å²) in [4.78, 5) is 18.2. The average molecular weight is 512 g/mol. The van der Waals surface area contributed by atoms with Crippen LogP contribution in [0.2, 0.25) is 0 Å². The Bertz CT molecular complexity index is 799. The van der Waals surface area contributed by atoms with Crippen LogP contribution >= 0.6 is 24.0 Å². The van der Waals surface area contributed by atoms with Gasteiger partial charge in [-0.05, 0) is 39.0 Å². The Balaban J connectivity index is 0.00000364. The number of sulfone groups is 1. The minimum atomic E-state index is -3.16. The number of nitrogens with zero attached hydrogens (tertiary/aromatic N) is 2. The summed E-state index contributed by atoms with van der Waals surface area (Å²) in [6, 6.07) is 5.62. The molecule has 2 N–H and O–H groups in total. The average Bonchev–Trinajstić information content (AvgIpc) is 2.54. The summed E-state index contributed by atoms with van der Waals surface area (Å²) in [7, 11) is -3.16. The van der Waals surface area contributed by atoms with E-state index in [-0.39, 0.29) is 42.2 Å². The molecule has 0 saturated carbocycles. The maximum atomic E-state index is 13.2. The fourth-order valence-electron chi connectivity index (χ4n) is 2.66. The summed E-state index contributed by atoms with van der Waals surface area (Å²) in [5.41, 5.74) is 0.361. The topological polar surface area (TPSA) is 90.9 Å². The summed E-state index contributed by atoms with van der Waals surface area (Å²) in [5, 5.41) is 5.67. The van der Waals surface area contributed by atoms with Crippen molar-refractivity contribution in [2.75, 3.05) is 37.2 Å². The van der Waals surface area contributed by atoms with E-state index in [1.54, 1.807) is 19.9 Å². The van der Waals surface area contributed by atoms with Gasteiger partial charge in [0.2, 0.25) is 5.91 Å². The number of nitrogens with one attached hydrogen (secondary N) is 2. The summed E-state index contributed by atoms with van der Waals surface area (Å²) < 4.78 is 36.6. The van der Waals surface area contributed by atoms with Gasteiger partial charge in [0, 0.05) is 25.3 Å². The molecule has 1 aromatic rings. The van der Waals surface area contributed by atoms with Crippen molar-refractivity contribution in [2.24, 2.45) is 4.99 Å². The molecule has 0 aliphatic carbocycles. The van der Waals surface area contributed by atoms with Crippen LogP contribution in [0, 0.1) is 5.82 Å². The van der Waals surface area contributed by atoms with E-state index in [4.69, 9.17) is 0 Å². The lowest BCUT2D eigenvalue weighted by Crippen LogP contribution is -2.57. The van der Waals surface area contributed by atoms with Crippen LogP contribution in [-0.4, -0.2) is 61.9 Å². The predicted octanol–water partition coefficient (Wildman–Crippen LogP) is 1.86. The van der Waals surface area contributed by atoms with E-state index in [9.17, 15) is 17.6 Å². The number of anilines is 1. The number of guanidine groups is 1. The Labute approximate surface area is 176 Å². The number of halogens is 2. The molecule has 1 heterocycles. The zero-order valence-corrected chi connectivity index (χ0v) is 18.8. The second-order valence-electron chi connectivity index (χ2n) is 6.73. The second-order valence-corrected chi connectivity index (χ2v) is 9.47. The maximum absolute atomic E-state index is 13.2. The quantitative estimate of drug-likeness (QED) is 0.365. The Kier molecular flexibility index (Phi) is 8.46. The lowest BCUT2D eigenvalue weighted by molar-refractivity contribution is -0.114. The number of amides is 1. The van der Waals surface area contributed by atoms with Gasteiger partial charge in [-0.25, -0.2) is 17.8 Å². The van der Waals surface area contributed by atoms with Crippen LogP contribution < -0.4 is 10.6 Å². The van der Waals surface area contributed by atoms with Crippen LogP contribution in [-0.2, 0) is 14.6 Å². The zero-order chi connectivity index (χ0) is 19.4. The van der Waals surface area contributed by atoms with E-state index in [2.05, 4.69) is 15.6 Å². The van der Waals surface area contributed by atoms with Crippen molar-refractivity contribution >= 4 is 51.4 Å². The van der Waals surface area contributed by atoms with E-state index in [0.29, 0.717) is 31.3 Å². The Morgan fingerprint density at radius 3 is 2.67 bits per heavy atom. The highest BCUT2D eigenvalue weighted by molar-refractivity contribution is 14.0. The molecule has 0 unspecified atom stereocenters. The van der Waals surface area contributed by atoms with Gasteiger partial charge < -0.3 is 15.5 Å². The van der Waals surface area contributed by atoms with Gasteiger partial charge in [-0.2, -0.15) is 0 Å². The van der Waals surface area contributed by atoms with E-state index >= 15 is 0 Å². The highest BCUT2D eigenvalue weighted by atomic mass is 127. The molecule has 1 amide bonds. The molecule has 1 saturated heterocycles. The molecule has 0 spiro atoms. The third-order valence-electron chi connectivity index (χ3n) is 4.16. The van der Waals surface area contributed by atoms with Gasteiger partial charge in [-0.1, -0.05) is 6.07 Å². The molecule has 152 valence electrons. The third kappa shape index (κ3) is 6.30. The number of aliphatic imine (C=N–C) groups is 1. The molecule has 1 aliphatic heterocycles. The van der Waals surface area contributed by atoms with E-state index in [1.807, 2.05) is 11.8 Å². The van der Waals surface area contributed by atoms with Crippen LogP contribution in [0.4, 0.5) is 10.1 Å². The molecule has 0 bridgehead atoms. The monoisotopic (exact) mass is 512 g/mol. The van der Waals surface area contributed by atoms with Crippen molar-refractivity contribution in [3.05, 3.63) is 30.1 Å². The van der Waals surface area contributed by atoms with Crippen molar-refractivity contribution < 1.29 is 17.6 Å². The van der Waals surface area contributed by atoms with Gasteiger partial charge in [0.05, 0.1) is 10.5 Å². The minimum Gasteiger partial charge on any atom is -0.357 e. The third-order valence-corrected chi connectivity index (χ3v) is 6.69. The molecule has 10 heteroatoms. The lowest BCUT2D eigenvalue weighted by atomic mass is 10.2. The van der Waals surface area contributed by atoms with E-state index < -0.39 is 20.4 Å². The first-order chi connectivity index (χ1) is 12.1. The number of hydrogen-bond donors (Lipinski definition) is 2. The Morgan fingerprint density at radius 2 is 2.07 bits per heavy atom. The standard InChI is InChI=1S/C17H25FN4O3S.HI/c1-4-19-16(22-8-9-26(24,25)17(2,3)12-22)20-11-15(23)21-14-7-5-6-13(18)10-14;/h5-7,10H,4,8-9,11-12H2,1-3H3,(H,19,20)(H,21,23);1H. The molecule has 1 fully saturated rings. The molecular formula is C17H26FIN4O3S. The van der Waals surface area contributed by atoms with Crippen molar-refractivity contribution in [3.63, 3.8) is 0 Å². The molecule has 2 rings (SSSR count). The maximum Gasteiger partial charge on any atom is 0.246 e. The number of hydrogen-bond acceptors (Lipinski definition) is 4. The molecule has 1 aliphatic rings. The number of rotatable bonds is 4. The summed E-state index contributed by atoms with van der Waals surface area (Å²) in [5.74, 6) is -0.281. The number of carbonyl (C=O) groups excluding carboxylic acids is 1. The van der Waals surface area contributed by atoms with Crippen molar-refractivity contribution in [1.29, 1.82) is 0 Å². The molecule has 0 radical (unpaired) electrons. The van der Waals surface area contributed by atoms with Crippen molar-refractivity contribution in [2.45, 2.75) is 25.5 Å². The predicted molar refractivity (Wildman–Crippen MR) is 116 cm³/mol. The molecule has 0 atom stereocenters. The van der Waals surface area contributed by atoms with Crippen LogP contribution in [0.15, 0.2) is 29.3 Å².